The van der Waals surface area contributed by atoms with Gasteiger partial charge in [-0.3, -0.25) is 4.98 Å². The highest BCUT2D eigenvalue weighted by Crippen LogP contribution is 2.05. The van der Waals surface area contributed by atoms with Crippen LogP contribution in [-0.4, -0.2) is 19.6 Å². The van der Waals surface area contributed by atoms with Crippen LogP contribution in [0.3, 0.4) is 0 Å². The molecule has 0 aliphatic heterocycles. The van der Waals surface area contributed by atoms with Crippen LogP contribution in [0.25, 0.3) is 4.96 Å². The molecule has 0 amide bonds. The zero-order valence-corrected chi connectivity index (χ0v) is 6.88. The topological polar surface area (TPSA) is 80.1 Å². The van der Waals surface area contributed by atoms with Gasteiger partial charge in [0.05, 0.1) is 0 Å². The molecule has 0 radical (unpaired) electrons. The monoisotopic (exact) mass is 184 g/mol. The number of aromatic amines is 1. The number of aryl methyl sites for hydroxylation is 1. The van der Waals surface area contributed by atoms with Crippen molar-refractivity contribution in [3.8, 4) is 0 Å². The van der Waals surface area contributed by atoms with Crippen molar-refractivity contribution in [3.63, 3.8) is 0 Å². The Labute approximate surface area is 69.5 Å². The molecule has 12 heavy (non-hydrogen) atoms. The average molecular weight is 184 g/mol. The highest BCUT2D eigenvalue weighted by molar-refractivity contribution is 7.16. The van der Waals surface area contributed by atoms with Gasteiger partial charge in [-0.25, -0.2) is 9.59 Å². The Balaban J connectivity index is 3.08. The molecular formula is C5H4N4O2S. The second kappa shape index (κ2) is 2.24. The molecule has 0 saturated heterocycles. The van der Waals surface area contributed by atoms with Crippen molar-refractivity contribution < 1.29 is 0 Å². The van der Waals surface area contributed by atoms with Gasteiger partial charge in [-0.05, 0) is 6.92 Å². The predicted molar refractivity (Wildman–Crippen MR) is 42.5 cm³/mol. The molecule has 0 unspecified atom stereocenters. The first kappa shape index (κ1) is 7.17. The van der Waals surface area contributed by atoms with Gasteiger partial charge in [0.25, 0.3) is 0 Å². The van der Waals surface area contributed by atoms with Gasteiger partial charge in [0.2, 0.25) is 4.96 Å². The summed E-state index contributed by atoms with van der Waals surface area (Å²) in [7, 11) is 0. The highest BCUT2D eigenvalue weighted by Gasteiger charge is 2.03. The van der Waals surface area contributed by atoms with E-state index in [2.05, 4.69) is 10.1 Å². The quantitative estimate of drug-likeness (QED) is 0.578. The predicted octanol–water partition coefficient (Wildman–Crippen LogP) is -0.852. The van der Waals surface area contributed by atoms with E-state index in [0.717, 1.165) is 4.52 Å². The summed E-state index contributed by atoms with van der Waals surface area (Å²) in [5.41, 5.74) is -1.18. The van der Waals surface area contributed by atoms with Crippen LogP contribution in [0.2, 0.25) is 0 Å². The minimum atomic E-state index is -0.636. The molecule has 0 aromatic carbocycles. The summed E-state index contributed by atoms with van der Waals surface area (Å²) in [4.78, 5) is 27.6. The van der Waals surface area contributed by atoms with Gasteiger partial charge in [0.1, 0.15) is 5.01 Å². The lowest BCUT2D eigenvalue weighted by Crippen LogP contribution is -2.27. The van der Waals surface area contributed by atoms with E-state index in [1.165, 1.54) is 11.3 Å². The SMILES string of the molecule is Cc1nn2c(=O)[nH]c(=O)nc2s1. The average Bonchev–Trinajstić information content (AvgIpc) is 2.29. The minimum Gasteiger partial charge on any atom is -0.256 e. The Hall–Kier alpha value is -1.50. The number of fused-ring (bicyclic) bond motifs is 1. The summed E-state index contributed by atoms with van der Waals surface area (Å²) in [5.74, 6) is 0. The second-order valence-electron chi connectivity index (χ2n) is 2.16. The molecule has 0 aliphatic rings. The van der Waals surface area contributed by atoms with Crippen molar-refractivity contribution in [2.24, 2.45) is 0 Å². The third-order valence-corrected chi connectivity index (χ3v) is 2.09. The van der Waals surface area contributed by atoms with Crippen LogP contribution < -0.4 is 11.4 Å². The summed E-state index contributed by atoms with van der Waals surface area (Å²) in [6, 6.07) is 0. The summed E-state index contributed by atoms with van der Waals surface area (Å²) >= 11 is 1.20. The van der Waals surface area contributed by atoms with E-state index in [9.17, 15) is 9.59 Å². The second-order valence-corrected chi connectivity index (χ2v) is 3.32. The molecule has 7 heteroatoms. The number of H-pyrrole nitrogens is 1. The Kier molecular flexibility index (Phi) is 1.34. The van der Waals surface area contributed by atoms with Gasteiger partial charge >= 0.3 is 11.4 Å². The summed E-state index contributed by atoms with van der Waals surface area (Å²) in [6.45, 7) is 1.74. The lowest BCUT2D eigenvalue weighted by atomic mass is 10.9. The summed E-state index contributed by atoms with van der Waals surface area (Å²) in [6.07, 6.45) is 0. The van der Waals surface area contributed by atoms with E-state index in [1.54, 1.807) is 6.92 Å². The molecule has 1 N–H and O–H groups in total. The Morgan fingerprint density at radius 2 is 2.25 bits per heavy atom. The standard InChI is InChI=1S/C5H4N4O2S/c1-2-8-9-4(11)6-3(10)7-5(9)12-2/h1H3,(H,6,10,11). The van der Waals surface area contributed by atoms with Gasteiger partial charge in [0, 0.05) is 0 Å². The van der Waals surface area contributed by atoms with E-state index in [1.807, 2.05) is 4.98 Å². The maximum atomic E-state index is 11.0. The molecular weight excluding hydrogens is 180 g/mol. The maximum Gasteiger partial charge on any atom is 0.352 e. The number of nitrogens with zero attached hydrogens (tertiary/aromatic N) is 3. The number of rotatable bonds is 0. The lowest BCUT2D eigenvalue weighted by molar-refractivity contribution is 0.811. The summed E-state index contributed by atoms with van der Waals surface area (Å²) < 4.78 is 1.07. The number of hydrogen-bond acceptors (Lipinski definition) is 5. The van der Waals surface area contributed by atoms with Crippen LogP contribution in [0, 0.1) is 6.92 Å². The van der Waals surface area contributed by atoms with E-state index in [-0.39, 0.29) is 0 Å². The minimum absolute atomic E-state index is 0.321. The first-order valence-electron chi connectivity index (χ1n) is 3.13. The first-order chi connectivity index (χ1) is 5.66. The third kappa shape index (κ3) is 0.944. The van der Waals surface area contributed by atoms with E-state index in [0.29, 0.717) is 9.97 Å². The summed E-state index contributed by atoms with van der Waals surface area (Å²) in [5, 5.41) is 4.54. The van der Waals surface area contributed by atoms with Crippen molar-refractivity contribution in [1.82, 2.24) is 19.6 Å². The molecule has 0 atom stereocenters. The molecule has 2 rings (SSSR count). The highest BCUT2D eigenvalue weighted by atomic mass is 32.1. The number of nitrogens with one attached hydrogen (secondary N) is 1. The molecule has 0 bridgehead atoms. The van der Waals surface area contributed by atoms with Gasteiger partial charge in [-0.1, -0.05) is 11.3 Å². The molecule has 0 fully saturated rings. The van der Waals surface area contributed by atoms with Crippen LogP contribution in [0.1, 0.15) is 5.01 Å². The molecule has 2 heterocycles. The fraction of sp³-hybridized carbons (Fsp3) is 0.200. The van der Waals surface area contributed by atoms with Gasteiger partial charge < -0.3 is 0 Å². The fourth-order valence-electron chi connectivity index (χ4n) is 0.841. The Morgan fingerprint density at radius 1 is 1.50 bits per heavy atom. The molecule has 0 aliphatic carbocycles. The van der Waals surface area contributed by atoms with Crippen molar-refractivity contribution in [3.05, 3.63) is 26.0 Å². The van der Waals surface area contributed by atoms with Crippen LogP contribution >= 0.6 is 11.3 Å². The Morgan fingerprint density at radius 3 is 3.00 bits per heavy atom. The van der Waals surface area contributed by atoms with Crippen molar-refractivity contribution in [2.75, 3.05) is 0 Å². The van der Waals surface area contributed by atoms with Crippen LogP contribution in [0.5, 0.6) is 0 Å². The molecule has 62 valence electrons. The molecule has 2 aromatic rings. The van der Waals surface area contributed by atoms with E-state index < -0.39 is 11.4 Å². The molecule has 6 nitrogen and oxygen atoms in total. The van der Waals surface area contributed by atoms with Crippen LogP contribution in [-0.2, 0) is 0 Å². The first-order valence-corrected chi connectivity index (χ1v) is 3.95. The zero-order chi connectivity index (χ0) is 8.72. The van der Waals surface area contributed by atoms with E-state index in [4.69, 9.17) is 0 Å². The number of hydrogen-bond donors (Lipinski definition) is 1. The normalized spacial score (nSPS) is 10.8. The molecule has 2 aromatic heterocycles. The van der Waals surface area contributed by atoms with Gasteiger partial charge in [-0.15, -0.1) is 0 Å². The number of aromatic nitrogens is 4. The van der Waals surface area contributed by atoms with Crippen LogP contribution in [0.15, 0.2) is 9.59 Å². The van der Waals surface area contributed by atoms with Gasteiger partial charge in [0.15, 0.2) is 0 Å². The van der Waals surface area contributed by atoms with Crippen molar-refractivity contribution in [1.29, 1.82) is 0 Å². The smallest absolute Gasteiger partial charge is 0.256 e. The fourth-order valence-corrected chi connectivity index (χ4v) is 1.57. The largest absolute Gasteiger partial charge is 0.352 e. The maximum absolute atomic E-state index is 11.0. The van der Waals surface area contributed by atoms with E-state index >= 15 is 0 Å². The molecule has 0 saturated carbocycles. The zero-order valence-electron chi connectivity index (χ0n) is 6.07. The van der Waals surface area contributed by atoms with Crippen molar-refractivity contribution in [2.45, 2.75) is 6.92 Å². The Bertz CT molecular complexity index is 536. The molecule has 0 spiro atoms. The van der Waals surface area contributed by atoms with Crippen LogP contribution in [0.4, 0.5) is 0 Å². The van der Waals surface area contributed by atoms with Gasteiger partial charge in [-0.2, -0.15) is 14.6 Å². The van der Waals surface area contributed by atoms with Crippen molar-refractivity contribution >= 4 is 16.3 Å². The lowest BCUT2D eigenvalue weighted by Gasteiger charge is -1.84. The third-order valence-electron chi connectivity index (χ3n) is 1.26.